The van der Waals surface area contributed by atoms with Gasteiger partial charge in [-0.15, -0.1) is 0 Å². The minimum absolute atomic E-state index is 0.414. The number of imidazole rings is 1. The average Bonchev–Trinajstić information content (AvgIpc) is 2.91. The fraction of sp³-hybridized carbons (Fsp3) is 0.600. The first-order chi connectivity index (χ1) is 13.2. The lowest BCUT2D eigenvalue weighted by Gasteiger charge is -2.28. The number of hydrogen-bond acceptors (Lipinski definition) is 4. The van der Waals surface area contributed by atoms with Gasteiger partial charge in [-0.25, -0.2) is 14.2 Å². The number of amides is 2. The van der Waals surface area contributed by atoms with E-state index >= 15 is 0 Å². The van der Waals surface area contributed by atoms with Gasteiger partial charge in [0.25, 0.3) is 0 Å². The summed E-state index contributed by atoms with van der Waals surface area (Å²) in [6, 6.07) is 0.0946. The number of nitrogens with zero attached hydrogens (tertiary/aromatic N) is 3. The molecule has 2 amide bonds. The predicted molar refractivity (Wildman–Crippen MR) is 107 cm³/mol. The van der Waals surface area contributed by atoms with Gasteiger partial charge < -0.3 is 11.1 Å². The first-order valence-corrected chi connectivity index (χ1v) is 9.85. The van der Waals surface area contributed by atoms with Crippen LogP contribution in [-0.2, 0) is 11.3 Å². The van der Waals surface area contributed by atoms with Gasteiger partial charge in [-0.3, -0.25) is 14.3 Å². The highest BCUT2D eigenvalue weighted by Gasteiger charge is 2.32. The van der Waals surface area contributed by atoms with E-state index in [9.17, 15) is 14.4 Å². The number of carbonyl (C=O) groups excluding carboxylic acids is 2. The van der Waals surface area contributed by atoms with Gasteiger partial charge >= 0.3 is 11.7 Å². The molecule has 1 fully saturated rings. The molecular formula is C20H29N5O3. The van der Waals surface area contributed by atoms with Gasteiger partial charge in [-0.05, 0) is 30.2 Å². The molecule has 1 saturated carbocycles. The molecule has 2 aromatic rings. The molecule has 0 bridgehead atoms. The van der Waals surface area contributed by atoms with Crippen LogP contribution in [0.2, 0.25) is 0 Å². The Bertz CT molecular complexity index is 931. The number of carbonyl (C=O) groups is 2. The molecule has 0 saturated heterocycles. The zero-order valence-electron chi connectivity index (χ0n) is 16.8. The molecule has 28 heavy (non-hydrogen) atoms. The smallest absolute Gasteiger partial charge is 0.337 e. The van der Waals surface area contributed by atoms with Crippen LogP contribution in [0.1, 0.15) is 52.9 Å². The topological polar surface area (TPSA) is 112 Å². The largest absolute Gasteiger partial charge is 0.368 e. The van der Waals surface area contributed by atoms with Crippen molar-refractivity contribution in [3.63, 3.8) is 0 Å². The van der Waals surface area contributed by atoms with E-state index in [0.29, 0.717) is 23.5 Å². The molecule has 3 rings (SSSR count). The molecule has 1 aliphatic rings. The van der Waals surface area contributed by atoms with Crippen LogP contribution in [0.3, 0.4) is 0 Å². The van der Waals surface area contributed by atoms with Gasteiger partial charge in [0.2, 0.25) is 5.91 Å². The molecule has 8 heteroatoms. The Kier molecular flexibility index (Phi) is 5.58. The van der Waals surface area contributed by atoms with E-state index in [2.05, 4.69) is 10.3 Å². The summed E-state index contributed by atoms with van der Waals surface area (Å²) in [7, 11) is 0. The van der Waals surface area contributed by atoms with E-state index < -0.39 is 29.1 Å². The molecule has 1 aliphatic carbocycles. The number of nitrogens with one attached hydrogen (secondary N) is 1. The van der Waals surface area contributed by atoms with Crippen LogP contribution in [0.25, 0.3) is 11.0 Å². The fourth-order valence-electron chi connectivity index (χ4n) is 4.01. The Morgan fingerprint density at radius 1 is 1.25 bits per heavy atom. The third-order valence-electron chi connectivity index (χ3n) is 5.52. The number of primary amides is 1. The van der Waals surface area contributed by atoms with Crippen molar-refractivity contribution in [1.29, 1.82) is 0 Å². The Labute approximate surface area is 164 Å². The van der Waals surface area contributed by atoms with Crippen LogP contribution in [0.5, 0.6) is 0 Å². The number of fused-ring (bicyclic) bond motifs is 1. The number of pyridine rings is 1. The van der Waals surface area contributed by atoms with E-state index in [1.165, 1.54) is 19.3 Å². The van der Waals surface area contributed by atoms with Gasteiger partial charge in [0.15, 0.2) is 0 Å². The van der Waals surface area contributed by atoms with Gasteiger partial charge in [0, 0.05) is 12.7 Å². The molecule has 0 aromatic carbocycles. The van der Waals surface area contributed by atoms with Crippen molar-refractivity contribution >= 4 is 23.0 Å². The van der Waals surface area contributed by atoms with Crippen LogP contribution < -0.4 is 16.7 Å². The van der Waals surface area contributed by atoms with Crippen molar-refractivity contribution in [2.45, 2.75) is 65.5 Å². The van der Waals surface area contributed by atoms with Gasteiger partial charge in [-0.1, -0.05) is 40.0 Å². The third kappa shape index (κ3) is 3.95. The Balaban J connectivity index is 1.99. The maximum atomic E-state index is 13.1. The Morgan fingerprint density at radius 3 is 2.54 bits per heavy atom. The second-order valence-corrected chi connectivity index (χ2v) is 8.75. The van der Waals surface area contributed by atoms with Crippen molar-refractivity contribution in [2.75, 3.05) is 0 Å². The number of nitrogens with two attached hydrogens (primary N) is 1. The van der Waals surface area contributed by atoms with E-state index in [1.54, 1.807) is 23.0 Å². The molecule has 8 nitrogen and oxygen atoms in total. The summed E-state index contributed by atoms with van der Waals surface area (Å²) in [5.74, 6) is -0.219. The zero-order valence-corrected chi connectivity index (χ0v) is 16.8. The molecule has 1 atom stereocenters. The average molecular weight is 387 g/mol. The van der Waals surface area contributed by atoms with Crippen molar-refractivity contribution in [1.82, 2.24) is 19.4 Å². The molecule has 2 aromatic heterocycles. The summed E-state index contributed by atoms with van der Waals surface area (Å²) in [5.41, 5.74) is 5.58. The fourth-order valence-corrected chi connectivity index (χ4v) is 4.01. The van der Waals surface area contributed by atoms with Gasteiger partial charge in [0.05, 0.1) is 17.2 Å². The summed E-state index contributed by atoms with van der Waals surface area (Å²) in [5, 5.41) is 2.64. The number of rotatable bonds is 4. The van der Waals surface area contributed by atoms with Crippen LogP contribution >= 0.6 is 0 Å². The molecule has 0 radical (unpaired) electrons. The first kappa shape index (κ1) is 20.1. The highest BCUT2D eigenvalue weighted by Crippen LogP contribution is 2.26. The quantitative estimate of drug-likeness (QED) is 0.838. The van der Waals surface area contributed by atoms with Gasteiger partial charge in [0.1, 0.15) is 6.04 Å². The Morgan fingerprint density at radius 2 is 1.93 bits per heavy atom. The lowest BCUT2D eigenvalue weighted by molar-refractivity contribution is -0.122. The maximum absolute atomic E-state index is 13.1. The summed E-state index contributed by atoms with van der Waals surface area (Å²) in [6.45, 7) is 5.99. The minimum Gasteiger partial charge on any atom is -0.368 e. The summed E-state index contributed by atoms with van der Waals surface area (Å²) in [4.78, 5) is 42.0. The van der Waals surface area contributed by atoms with E-state index in [-0.39, 0.29) is 0 Å². The maximum Gasteiger partial charge on any atom is 0.337 e. The van der Waals surface area contributed by atoms with E-state index in [1.807, 2.05) is 20.8 Å². The Hall–Kier alpha value is -2.64. The normalized spacial score (nSPS) is 16.8. The van der Waals surface area contributed by atoms with E-state index in [0.717, 1.165) is 17.4 Å². The van der Waals surface area contributed by atoms with Crippen molar-refractivity contribution < 1.29 is 9.59 Å². The SMILES string of the molecule is CC(C)(C)[C@H](NC(=O)n1c(=O)n(CC2CCCCC2)c2cnccc21)C(N)=O. The standard InChI is InChI=1S/C20H29N5O3/c1-20(2,3)16(17(21)26)23-18(27)25-14-9-10-22-11-15(14)24(19(25)28)12-13-7-5-4-6-8-13/h9-11,13,16H,4-8,12H2,1-3H3,(H2,21,26)(H,23,27)/t16-/m1/s1. The second kappa shape index (κ2) is 7.77. The number of hydrogen-bond donors (Lipinski definition) is 2. The molecule has 0 aliphatic heterocycles. The molecule has 152 valence electrons. The van der Waals surface area contributed by atoms with Crippen molar-refractivity contribution in [3.8, 4) is 0 Å². The summed E-state index contributed by atoms with van der Waals surface area (Å²) >= 11 is 0. The monoisotopic (exact) mass is 387 g/mol. The highest BCUT2D eigenvalue weighted by molar-refractivity contribution is 5.92. The minimum atomic E-state index is -0.898. The highest BCUT2D eigenvalue weighted by atomic mass is 16.2. The third-order valence-corrected chi connectivity index (χ3v) is 5.52. The summed E-state index contributed by atoms with van der Waals surface area (Å²) < 4.78 is 2.72. The van der Waals surface area contributed by atoms with Crippen LogP contribution in [0.4, 0.5) is 4.79 Å². The van der Waals surface area contributed by atoms with Crippen molar-refractivity contribution in [3.05, 3.63) is 28.9 Å². The molecule has 0 unspecified atom stereocenters. The van der Waals surface area contributed by atoms with Crippen LogP contribution in [-0.4, -0.2) is 32.1 Å². The van der Waals surface area contributed by atoms with Crippen LogP contribution in [0.15, 0.2) is 23.3 Å². The molecule has 3 N–H and O–H groups in total. The van der Waals surface area contributed by atoms with Gasteiger partial charge in [-0.2, -0.15) is 0 Å². The molecular weight excluding hydrogens is 358 g/mol. The predicted octanol–water partition coefficient (Wildman–Crippen LogP) is 2.24. The molecule has 2 heterocycles. The summed E-state index contributed by atoms with van der Waals surface area (Å²) in [6.07, 6.45) is 8.90. The second-order valence-electron chi connectivity index (χ2n) is 8.75. The first-order valence-electron chi connectivity index (χ1n) is 9.85. The zero-order chi connectivity index (χ0) is 20.5. The molecule has 0 spiro atoms. The van der Waals surface area contributed by atoms with Crippen molar-refractivity contribution in [2.24, 2.45) is 17.1 Å². The number of aromatic nitrogens is 3. The lowest BCUT2D eigenvalue weighted by Crippen LogP contribution is -2.54. The van der Waals surface area contributed by atoms with Crippen LogP contribution in [0, 0.1) is 11.3 Å². The van der Waals surface area contributed by atoms with E-state index in [4.69, 9.17) is 5.73 Å². The lowest BCUT2D eigenvalue weighted by atomic mass is 9.86.